The molecule has 0 aliphatic heterocycles. The monoisotopic (exact) mass is 782 g/mol. The molecule has 6 nitrogen and oxygen atoms in total. The van der Waals surface area contributed by atoms with Gasteiger partial charge < -0.3 is 18.6 Å². The number of benzene rings is 7. The minimum absolute atomic E-state index is 0.0986. The van der Waals surface area contributed by atoms with E-state index < -0.39 is 0 Å². The summed E-state index contributed by atoms with van der Waals surface area (Å²) in [6.45, 7) is 13.6. The Balaban J connectivity index is 1.54. The van der Waals surface area contributed by atoms with Gasteiger partial charge in [-0.25, -0.2) is 0 Å². The molecule has 0 saturated carbocycles. The first-order chi connectivity index (χ1) is 28.8. The van der Waals surface area contributed by atoms with Gasteiger partial charge in [-0.05, 0) is 111 Å². The summed E-state index contributed by atoms with van der Waals surface area (Å²) in [4.78, 5) is 0. The number of aromatic nitrogens is 2. The minimum atomic E-state index is -0.0986. The van der Waals surface area contributed by atoms with E-state index >= 15 is 0 Å². The summed E-state index contributed by atoms with van der Waals surface area (Å²) in [5, 5.41) is 24.2. The molecule has 0 bridgehead atoms. The average molecular weight is 783 g/mol. The van der Waals surface area contributed by atoms with Crippen LogP contribution in [-0.4, -0.2) is 23.4 Å². The average Bonchev–Trinajstić information content (AvgIpc) is 3.76. The smallest absolute Gasteiger partial charge is 0.120 e. The molecule has 0 N–H and O–H groups in total. The van der Waals surface area contributed by atoms with E-state index in [-0.39, 0.29) is 10.8 Å². The zero-order valence-corrected chi connectivity index (χ0v) is 35.3. The van der Waals surface area contributed by atoms with Crippen LogP contribution in [0.4, 0.5) is 0 Å². The number of hydrogen-bond donors (Lipinski definition) is 0. The maximum absolute atomic E-state index is 9.96. The molecule has 0 saturated heterocycles. The van der Waals surface area contributed by atoms with Crippen LogP contribution in [0.1, 0.15) is 63.8 Å². The zero-order chi connectivity index (χ0) is 42.1. The maximum atomic E-state index is 9.96. The molecule has 6 heteroatoms. The molecule has 0 aliphatic rings. The van der Waals surface area contributed by atoms with Crippen LogP contribution in [0.25, 0.3) is 77.2 Å². The van der Waals surface area contributed by atoms with Crippen molar-refractivity contribution >= 4 is 43.6 Å². The highest BCUT2D eigenvalue weighted by Crippen LogP contribution is 2.46. The molecule has 7 aromatic carbocycles. The second-order valence-electron chi connectivity index (χ2n) is 17.7. The molecule has 60 heavy (non-hydrogen) atoms. The largest absolute Gasteiger partial charge is 0.497 e. The van der Waals surface area contributed by atoms with Crippen molar-refractivity contribution in [3.8, 4) is 57.3 Å². The molecule has 0 spiro atoms. The van der Waals surface area contributed by atoms with E-state index in [0.717, 1.165) is 78.0 Å². The molecule has 9 aromatic rings. The number of rotatable bonds is 6. The van der Waals surface area contributed by atoms with Crippen LogP contribution in [-0.2, 0) is 10.8 Å². The van der Waals surface area contributed by atoms with E-state index in [2.05, 4.69) is 148 Å². The molecule has 2 aromatic heterocycles. The van der Waals surface area contributed by atoms with Gasteiger partial charge in [0.1, 0.15) is 11.5 Å². The quantitative estimate of drug-likeness (QED) is 0.168. The Morgan fingerprint density at radius 3 is 1.15 bits per heavy atom. The molecular weight excluding hydrogens is 737 g/mol. The molecule has 9 rings (SSSR count). The summed E-state index contributed by atoms with van der Waals surface area (Å²) in [6, 6.07) is 51.2. The molecule has 294 valence electrons. The Morgan fingerprint density at radius 1 is 0.417 bits per heavy atom. The van der Waals surface area contributed by atoms with Crippen LogP contribution in [0.2, 0.25) is 0 Å². The number of methoxy groups -OCH3 is 2. The first-order valence-electron chi connectivity index (χ1n) is 20.3. The van der Waals surface area contributed by atoms with Crippen LogP contribution in [0.5, 0.6) is 11.5 Å². The van der Waals surface area contributed by atoms with Crippen molar-refractivity contribution in [3.05, 3.63) is 156 Å². The third kappa shape index (κ3) is 6.33. The van der Waals surface area contributed by atoms with Crippen LogP contribution < -0.4 is 9.47 Å². The Hall–Kier alpha value is -7.28. The third-order valence-electron chi connectivity index (χ3n) is 11.9. The summed E-state index contributed by atoms with van der Waals surface area (Å²) in [5.41, 5.74) is 13.4. The first-order valence-corrected chi connectivity index (χ1v) is 20.3. The number of nitriles is 2. The topological polar surface area (TPSA) is 75.9 Å². The highest BCUT2D eigenvalue weighted by Gasteiger charge is 2.26. The van der Waals surface area contributed by atoms with Gasteiger partial charge in [0.2, 0.25) is 0 Å². The van der Waals surface area contributed by atoms with Crippen LogP contribution in [0, 0.1) is 22.7 Å². The standard InChI is InChI=1S/C54H46N4O2/c1-53(2,3)38-17-21-42-43-22-18-39(54(4,5)6)28-47(43)57(46(42)27-38)50-25-37(35-13-9-33(31-55)10-14-35)26-51(52(50)36-15-11-34(32-56)12-16-36)58-48-29-40(59-7)19-23-44(48)45-24-20-41(60-8)30-49(45)58/h9-30H,1-8H3. The van der Waals surface area contributed by atoms with Gasteiger partial charge in [-0.2, -0.15) is 10.5 Å². The van der Waals surface area contributed by atoms with E-state index in [4.69, 9.17) is 9.47 Å². The molecule has 0 atom stereocenters. The molecule has 0 radical (unpaired) electrons. The molecule has 0 amide bonds. The van der Waals surface area contributed by atoms with Gasteiger partial charge in [0.15, 0.2) is 0 Å². The molecule has 2 heterocycles. The molecule has 0 aliphatic carbocycles. The van der Waals surface area contributed by atoms with Crippen LogP contribution in [0.3, 0.4) is 0 Å². The highest BCUT2D eigenvalue weighted by molar-refractivity contribution is 6.13. The van der Waals surface area contributed by atoms with Crippen molar-refractivity contribution in [2.24, 2.45) is 0 Å². The van der Waals surface area contributed by atoms with Gasteiger partial charge in [0, 0.05) is 39.2 Å². The van der Waals surface area contributed by atoms with Crippen LogP contribution >= 0.6 is 0 Å². The van der Waals surface area contributed by atoms with E-state index in [1.54, 1.807) is 14.2 Å². The van der Waals surface area contributed by atoms with Gasteiger partial charge in [0.25, 0.3) is 0 Å². The summed E-state index contributed by atoms with van der Waals surface area (Å²) >= 11 is 0. The predicted molar refractivity (Wildman–Crippen MR) is 246 cm³/mol. The van der Waals surface area contributed by atoms with Crippen molar-refractivity contribution in [2.75, 3.05) is 14.2 Å². The fourth-order valence-corrected chi connectivity index (χ4v) is 8.58. The Kier molecular flexibility index (Phi) is 9.07. The van der Waals surface area contributed by atoms with Gasteiger partial charge in [-0.1, -0.05) is 90.1 Å². The normalized spacial score (nSPS) is 12.0. The van der Waals surface area contributed by atoms with E-state index in [1.807, 2.05) is 48.5 Å². The fraction of sp³-hybridized carbons (Fsp3) is 0.185. The van der Waals surface area contributed by atoms with Gasteiger partial charge >= 0.3 is 0 Å². The maximum Gasteiger partial charge on any atom is 0.120 e. The fourth-order valence-electron chi connectivity index (χ4n) is 8.58. The molecule has 0 fully saturated rings. The van der Waals surface area contributed by atoms with Crippen molar-refractivity contribution in [1.29, 1.82) is 10.5 Å². The molecule has 0 unspecified atom stereocenters. The van der Waals surface area contributed by atoms with Crippen molar-refractivity contribution < 1.29 is 9.47 Å². The number of ether oxygens (including phenoxy) is 2. The van der Waals surface area contributed by atoms with E-state index in [9.17, 15) is 10.5 Å². The number of fused-ring (bicyclic) bond motifs is 6. The SMILES string of the molecule is COc1ccc2c3ccc(OC)cc3n(-c3cc(-c4ccc(C#N)cc4)cc(-n4c5cc(C(C)(C)C)ccc5c5ccc(C(C)(C)C)cc54)c3-c3ccc(C#N)cc3)c2c1. The Bertz CT molecular complexity index is 3110. The number of hydrogen-bond acceptors (Lipinski definition) is 4. The lowest BCUT2D eigenvalue weighted by atomic mass is 9.86. The zero-order valence-electron chi connectivity index (χ0n) is 35.3. The van der Waals surface area contributed by atoms with E-state index in [0.29, 0.717) is 11.1 Å². The van der Waals surface area contributed by atoms with Crippen LogP contribution in [0.15, 0.2) is 133 Å². The highest BCUT2D eigenvalue weighted by atomic mass is 16.5. The lowest BCUT2D eigenvalue weighted by Gasteiger charge is -2.24. The minimum Gasteiger partial charge on any atom is -0.497 e. The second kappa shape index (κ2) is 14.2. The van der Waals surface area contributed by atoms with Gasteiger partial charge in [-0.3, -0.25) is 0 Å². The lowest BCUT2D eigenvalue weighted by Crippen LogP contribution is -2.11. The van der Waals surface area contributed by atoms with Gasteiger partial charge in [-0.15, -0.1) is 0 Å². The Morgan fingerprint density at radius 2 is 0.783 bits per heavy atom. The van der Waals surface area contributed by atoms with E-state index in [1.165, 1.54) is 21.9 Å². The Labute approximate surface area is 351 Å². The number of nitrogens with zero attached hydrogens (tertiary/aromatic N) is 4. The van der Waals surface area contributed by atoms with Gasteiger partial charge in [0.05, 0.1) is 70.9 Å². The van der Waals surface area contributed by atoms with Crippen molar-refractivity contribution in [2.45, 2.75) is 52.4 Å². The second-order valence-corrected chi connectivity index (χ2v) is 17.7. The van der Waals surface area contributed by atoms with Crippen molar-refractivity contribution in [3.63, 3.8) is 0 Å². The van der Waals surface area contributed by atoms with Crippen molar-refractivity contribution in [1.82, 2.24) is 9.13 Å². The summed E-state index contributed by atoms with van der Waals surface area (Å²) in [6.07, 6.45) is 0. The third-order valence-corrected chi connectivity index (χ3v) is 11.9. The summed E-state index contributed by atoms with van der Waals surface area (Å²) in [5.74, 6) is 1.49. The summed E-state index contributed by atoms with van der Waals surface area (Å²) < 4.78 is 16.5. The lowest BCUT2D eigenvalue weighted by molar-refractivity contribution is 0.415. The first kappa shape index (κ1) is 38.2. The predicted octanol–water partition coefficient (Wildman–Crippen LogP) is 13.6. The molecular formula is C54H46N4O2. The summed E-state index contributed by atoms with van der Waals surface area (Å²) in [7, 11) is 3.39.